The Hall–Kier alpha value is -3.35. The Morgan fingerprint density at radius 3 is 2.38 bits per heavy atom. The molecule has 2 fully saturated rings. The molecule has 2 aliphatic carbocycles. The van der Waals surface area contributed by atoms with Crippen LogP contribution in [-0.4, -0.2) is 52.7 Å². The van der Waals surface area contributed by atoms with Gasteiger partial charge in [-0.25, -0.2) is 9.59 Å². The molecule has 5 rings (SSSR count). The normalized spacial score (nSPS) is 23.3. The van der Waals surface area contributed by atoms with E-state index in [1.165, 1.54) is 4.90 Å². The van der Waals surface area contributed by atoms with Gasteiger partial charge in [-0.2, -0.15) is 0 Å². The summed E-state index contributed by atoms with van der Waals surface area (Å²) in [4.78, 5) is 39.1. The van der Waals surface area contributed by atoms with Crippen LogP contribution in [0.4, 0.5) is 4.79 Å². The summed E-state index contributed by atoms with van der Waals surface area (Å²) in [5.74, 6) is -1.10. The molecule has 7 nitrogen and oxygen atoms in total. The van der Waals surface area contributed by atoms with Crippen LogP contribution in [-0.2, 0) is 14.3 Å². The number of amides is 2. The van der Waals surface area contributed by atoms with Gasteiger partial charge in [0.1, 0.15) is 12.1 Å². The fourth-order valence-corrected chi connectivity index (χ4v) is 5.83. The fourth-order valence-electron chi connectivity index (χ4n) is 5.83. The van der Waals surface area contributed by atoms with E-state index in [0.717, 1.165) is 35.1 Å². The molecule has 0 bridgehead atoms. The molecule has 178 valence electrons. The molecule has 3 atom stereocenters. The summed E-state index contributed by atoms with van der Waals surface area (Å²) < 4.78 is 5.62. The van der Waals surface area contributed by atoms with Crippen LogP contribution in [0, 0.1) is 5.92 Å². The van der Waals surface area contributed by atoms with Crippen molar-refractivity contribution >= 4 is 18.0 Å². The molecule has 3 aliphatic rings. The predicted molar refractivity (Wildman–Crippen MR) is 126 cm³/mol. The zero-order valence-electron chi connectivity index (χ0n) is 19.3. The molecule has 34 heavy (non-hydrogen) atoms. The number of piperidine rings is 1. The first-order valence-corrected chi connectivity index (χ1v) is 12.1. The predicted octanol–water partition coefficient (Wildman–Crippen LogP) is 4.16. The first kappa shape index (κ1) is 22.4. The highest BCUT2D eigenvalue weighted by Gasteiger charge is 2.66. The highest BCUT2D eigenvalue weighted by molar-refractivity contribution is 5.91. The highest BCUT2D eigenvalue weighted by Crippen LogP contribution is 2.54. The van der Waals surface area contributed by atoms with Gasteiger partial charge in [-0.05, 0) is 53.9 Å². The van der Waals surface area contributed by atoms with E-state index in [1.54, 1.807) is 0 Å². The van der Waals surface area contributed by atoms with Gasteiger partial charge >= 0.3 is 12.1 Å². The molecule has 1 saturated carbocycles. The Bertz CT molecular complexity index is 1090. The lowest BCUT2D eigenvalue weighted by atomic mass is 9.98. The van der Waals surface area contributed by atoms with Crippen molar-refractivity contribution in [2.45, 2.75) is 56.5 Å². The van der Waals surface area contributed by atoms with Crippen LogP contribution in [0.5, 0.6) is 0 Å². The van der Waals surface area contributed by atoms with Crippen LogP contribution >= 0.6 is 0 Å². The van der Waals surface area contributed by atoms with E-state index in [-0.39, 0.29) is 30.8 Å². The summed E-state index contributed by atoms with van der Waals surface area (Å²) >= 11 is 0. The van der Waals surface area contributed by atoms with Crippen LogP contribution in [0.1, 0.15) is 56.1 Å². The van der Waals surface area contributed by atoms with E-state index in [1.807, 2.05) is 31.2 Å². The molecule has 0 aromatic heterocycles. The third-order valence-electron chi connectivity index (χ3n) is 7.74. The SMILES string of the molecule is CCC(CC(=O)N1CCC[C@H]2C[C@]21C(=O)O)NC(=O)OCC1c2ccccc2-c2ccccc21. The molecule has 1 saturated heterocycles. The summed E-state index contributed by atoms with van der Waals surface area (Å²) in [5.41, 5.74) is 3.58. The van der Waals surface area contributed by atoms with E-state index in [0.29, 0.717) is 19.4 Å². The van der Waals surface area contributed by atoms with Crippen molar-refractivity contribution in [1.29, 1.82) is 0 Å². The molecule has 2 aromatic rings. The number of carboxylic acid groups (broad SMARTS) is 1. The van der Waals surface area contributed by atoms with E-state index >= 15 is 0 Å². The lowest BCUT2D eigenvalue weighted by molar-refractivity contribution is -0.154. The summed E-state index contributed by atoms with van der Waals surface area (Å²) in [6, 6.07) is 15.9. The Labute approximate surface area is 199 Å². The average Bonchev–Trinajstić information content (AvgIpc) is 3.53. The van der Waals surface area contributed by atoms with Crippen LogP contribution < -0.4 is 5.32 Å². The molecule has 2 N–H and O–H groups in total. The number of hydrogen-bond acceptors (Lipinski definition) is 4. The number of rotatable bonds is 7. The Morgan fingerprint density at radius 1 is 1.12 bits per heavy atom. The molecule has 0 spiro atoms. The number of fused-ring (bicyclic) bond motifs is 4. The number of ether oxygens (including phenoxy) is 1. The number of nitrogens with zero attached hydrogens (tertiary/aromatic N) is 1. The lowest BCUT2D eigenvalue weighted by Gasteiger charge is -2.34. The van der Waals surface area contributed by atoms with Crippen molar-refractivity contribution < 1.29 is 24.2 Å². The van der Waals surface area contributed by atoms with Crippen molar-refractivity contribution in [3.8, 4) is 11.1 Å². The number of carboxylic acids is 1. The molecule has 2 amide bonds. The van der Waals surface area contributed by atoms with Crippen LogP contribution in [0.3, 0.4) is 0 Å². The van der Waals surface area contributed by atoms with E-state index in [9.17, 15) is 19.5 Å². The number of carbonyl (C=O) groups excluding carboxylic acids is 2. The summed E-state index contributed by atoms with van der Waals surface area (Å²) in [6.07, 6.45) is 2.27. The Kier molecular flexibility index (Phi) is 5.80. The number of alkyl carbamates (subject to hydrolysis) is 1. The number of hydrogen-bond donors (Lipinski definition) is 2. The van der Waals surface area contributed by atoms with Gasteiger partial charge in [-0.3, -0.25) is 4.79 Å². The third kappa shape index (κ3) is 3.73. The average molecular weight is 463 g/mol. The second-order valence-corrected chi connectivity index (χ2v) is 9.60. The minimum Gasteiger partial charge on any atom is -0.479 e. The molecule has 0 radical (unpaired) electrons. The Morgan fingerprint density at radius 2 is 1.76 bits per heavy atom. The Balaban J connectivity index is 1.20. The third-order valence-corrected chi connectivity index (χ3v) is 7.74. The molecule has 7 heteroatoms. The van der Waals surface area contributed by atoms with Gasteiger partial charge in [-0.1, -0.05) is 55.5 Å². The van der Waals surface area contributed by atoms with Crippen molar-refractivity contribution in [1.82, 2.24) is 10.2 Å². The summed E-state index contributed by atoms with van der Waals surface area (Å²) in [7, 11) is 0. The van der Waals surface area contributed by atoms with Crippen LogP contribution in [0.2, 0.25) is 0 Å². The molecule has 1 heterocycles. The topological polar surface area (TPSA) is 95.9 Å². The monoisotopic (exact) mass is 462 g/mol. The van der Waals surface area contributed by atoms with Crippen molar-refractivity contribution in [2.75, 3.05) is 13.2 Å². The fraction of sp³-hybridized carbons (Fsp3) is 0.444. The highest BCUT2D eigenvalue weighted by atomic mass is 16.5. The van der Waals surface area contributed by atoms with E-state index in [4.69, 9.17) is 4.74 Å². The van der Waals surface area contributed by atoms with Gasteiger partial charge in [0.25, 0.3) is 0 Å². The first-order chi connectivity index (χ1) is 16.5. The number of aliphatic carboxylic acids is 1. The standard InChI is InChI=1S/C27H30N2O5/c1-2-18(14-24(30)29-13-7-8-17-15-27(17,29)25(31)32)28-26(33)34-16-23-21-11-5-3-9-19(21)20-10-4-6-12-22(20)23/h3-6,9-12,17-18,23H,2,7-8,13-16H2,1H3,(H,28,33)(H,31,32)/t17-,18?,27+/m0/s1. The van der Waals surface area contributed by atoms with Gasteiger partial charge in [0.05, 0.1) is 0 Å². The summed E-state index contributed by atoms with van der Waals surface area (Å²) in [6.45, 7) is 2.56. The maximum absolute atomic E-state index is 13.0. The molecule has 1 unspecified atom stereocenters. The zero-order chi connectivity index (χ0) is 23.9. The number of nitrogens with one attached hydrogen (secondary N) is 1. The van der Waals surface area contributed by atoms with E-state index in [2.05, 4.69) is 29.6 Å². The van der Waals surface area contributed by atoms with Crippen LogP contribution in [0.15, 0.2) is 48.5 Å². The smallest absolute Gasteiger partial charge is 0.407 e. The molecular weight excluding hydrogens is 432 g/mol. The minimum absolute atomic E-state index is 0.0320. The van der Waals surface area contributed by atoms with Crippen LogP contribution in [0.25, 0.3) is 11.1 Å². The molecule has 2 aromatic carbocycles. The van der Waals surface area contributed by atoms with Crippen molar-refractivity contribution in [2.24, 2.45) is 5.92 Å². The van der Waals surface area contributed by atoms with Gasteiger partial charge in [0, 0.05) is 24.9 Å². The molecular formula is C27H30N2O5. The largest absolute Gasteiger partial charge is 0.479 e. The number of likely N-dealkylation sites (tertiary alicyclic amines) is 1. The number of carbonyl (C=O) groups is 3. The first-order valence-electron chi connectivity index (χ1n) is 12.1. The van der Waals surface area contributed by atoms with Gasteiger partial charge in [0.15, 0.2) is 0 Å². The van der Waals surface area contributed by atoms with Gasteiger partial charge in [0.2, 0.25) is 5.91 Å². The second kappa shape index (κ2) is 8.78. The summed E-state index contributed by atoms with van der Waals surface area (Å²) in [5, 5.41) is 12.5. The van der Waals surface area contributed by atoms with E-state index < -0.39 is 23.6 Å². The maximum Gasteiger partial charge on any atom is 0.407 e. The lowest BCUT2D eigenvalue weighted by Crippen LogP contribution is -2.52. The van der Waals surface area contributed by atoms with Crippen molar-refractivity contribution in [3.63, 3.8) is 0 Å². The zero-order valence-corrected chi connectivity index (χ0v) is 19.3. The molecule has 1 aliphatic heterocycles. The van der Waals surface area contributed by atoms with Crippen molar-refractivity contribution in [3.05, 3.63) is 59.7 Å². The second-order valence-electron chi connectivity index (χ2n) is 9.60. The van der Waals surface area contributed by atoms with Gasteiger partial charge < -0.3 is 20.1 Å². The minimum atomic E-state index is -1.03. The van der Waals surface area contributed by atoms with Gasteiger partial charge in [-0.15, -0.1) is 0 Å². The number of benzene rings is 2. The quantitative estimate of drug-likeness (QED) is 0.644. The maximum atomic E-state index is 13.0.